The molecule has 2 N–H and O–H groups in total. The van der Waals surface area contributed by atoms with Crippen LogP contribution in [-0.2, 0) is 0 Å². The first-order valence-corrected chi connectivity index (χ1v) is 7.58. The minimum atomic E-state index is -0.763. The lowest BCUT2D eigenvalue weighted by Gasteiger charge is -2.22. The molecule has 1 aromatic carbocycles. The van der Waals surface area contributed by atoms with Crippen molar-refractivity contribution in [3.05, 3.63) is 29.3 Å². The van der Waals surface area contributed by atoms with E-state index in [1.54, 1.807) is 6.92 Å². The van der Waals surface area contributed by atoms with Crippen molar-refractivity contribution in [1.82, 2.24) is 5.32 Å². The van der Waals surface area contributed by atoms with E-state index < -0.39 is 5.60 Å². The van der Waals surface area contributed by atoms with E-state index in [0.29, 0.717) is 19.1 Å². The van der Waals surface area contributed by atoms with Gasteiger partial charge in [0.2, 0.25) is 0 Å². The van der Waals surface area contributed by atoms with E-state index in [4.69, 9.17) is 4.74 Å². The summed E-state index contributed by atoms with van der Waals surface area (Å²) < 4.78 is 5.74. The van der Waals surface area contributed by atoms with E-state index in [1.807, 2.05) is 19.9 Å². The van der Waals surface area contributed by atoms with Crippen LogP contribution in [0.2, 0.25) is 0 Å². The van der Waals surface area contributed by atoms with Crippen LogP contribution in [0.1, 0.15) is 57.7 Å². The first-order valence-electron chi connectivity index (χ1n) is 7.58. The highest BCUT2D eigenvalue weighted by Crippen LogP contribution is 2.24. The molecular weight excluding hydrogens is 250 g/mol. The molecular formula is C17H29NO2. The molecule has 0 amide bonds. The molecule has 0 aliphatic heterocycles. The van der Waals surface area contributed by atoms with Gasteiger partial charge in [-0.15, -0.1) is 0 Å². The van der Waals surface area contributed by atoms with Gasteiger partial charge >= 0.3 is 0 Å². The largest absolute Gasteiger partial charge is 0.490 e. The number of aryl methyl sites for hydroxylation is 1. The van der Waals surface area contributed by atoms with Crippen LogP contribution < -0.4 is 10.1 Å². The second-order valence-electron chi connectivity index (χ2n) is 5.84. The number of aliphatic hydroxyl groups is 1. The van der Waals surface area contributed by atoms with Crippen LogP contribution in [0.25, 0.3) is 0 Å². The summed E-state index contributed by atoms with van der Waals surface area (Å²) in [6, 6.07) is 6.60. The van der Waals surface area contributed by atoms with Crippen molar-refractivity contribution in [2.45, 2.75) is 59.1 Å². The fourth-order valence-corrected chi connectivity index (χ4v) is 1.92. The Balaban J connectivity index is 2.68. The van der Waals surface area contributed by atoms with Crippen molar-refractivity contribution in [2.75, 3.05) is 13.2 Å². The molecule has 3 heteroatoms. The molecule has 0 aliphatic carbocycles. The van der Waals surface area contributed by atoms with Gasteiger partial charge in [0.05, 0.1) is 5.60 Å². The summed E-state index contributed by atoms with van der Waals surface area (Å²) in [5, 5.41) is 13.5. The van der Waals surface area contributed by atoms with Crippen molar-refractivity contribution in [3.63, 3.8) is 0 Å². The monoisotopic (exact) mass is 279 g/mol. The van der Waals surface area contributed by atoms with Crippen molar-refractivity contribution in [1.29, 1.82) is 0 Å². The molecule has 0 saturated carbocycles. The van der Waals surface area contributed by atoms with E-state index in [0.717, 1.165) is 24.3 Å². The van der Waals surface area contributed by atoms with Gasteiger partial charge in [-0.05, 0) is 57.4 Å². The smallest absolute Gasteiger partial charge is 0.122 e. The molecule has 0 aromatic heterocycles. The van der Waals surface area contributed by atoms with Gasteiger partial charge in [-0.1, -0.05) is 26.0 Å². The highest BCUT2D eigenvalue weighted by molar-refractivity contribution is 5.37. The summed E-state index contributed by atoms with van der Waals surface area (Å²) >= 11 is 0. The van der Waals surface area contributed by atoms with Crippen LogP contribution in [0, 0.1) is 6.92 Å². The van der Waals surface area contributed by atoms with E-state index in [2.05, 4.69) is 31.3 Å². The quantitative estimate of drug-likeness (QED) is 0.764. The maximum absolute atomic E-state index is 9.98. The molecule has 2 unspecified atom stereocenters. The number of ether oxygens (including phenoxy) is 1. The van der Waals surface area contributed by atoms with Crippen molar-refractivity contribution >= 4 is 0 Å². The van der Waals surface area contributed by atoms with Gasteiger partial charge in [0.25, 0.3) is 0 Å². The maximum atomic E-state index is 9.98. The number of hydrogen-bond donors (Lipinski definition) is 2. The Bertz CT molecular complexity index is 415. The molecule has 114 valence electrons. The maximum Gasteiger partial charge on any atom is 0.122 e. The molecule has 0 aliphatic rings. The highest BCUT2D eigenvalue weighted by Gasteiger charge is 2.19. The highest BCUT2D eigenvalue weighted by atomic mass is 16.5. The van der Waals surface area contributed by atoms with E-state index in [1.165, 1.54) is 5.56 Å². The van der Waals surface area contributed by atoms with Crippen molar-refractivity contribution in [3.8, 4) is 5.75 Å². The number of rotatable bonds is 8. The summed E-state index contributed by atoms with van der Waals surface area (Å²) in [7, 11) is 0. The van der Waals surface area contributed by atoms with Crippen molar-refractivity contribution in [2.24, 2.45) is 0 Å². The van der Waals surface area contributed by atoms with Gasteiger partial charge in [-0.2, -0.15) is 0 Å². The van der Waals surface area contributed by atoms with Gasteiger partial charge in [-0.25, -0.2) is 0 Å². The van der Waals surface area contributed by atoms with Crippen LogP contribution in [-0.4, -0.2) is 23.9 Å². The average molecular weight is 279 g/mol. The van der Waals surface area contributed by atoms with Crippen LogP contribution in [0.5, 0.6) is 5.75 Å². The molecule has 20 heavy (non-hydrogen) atoms. The zero-order valence-electron chi connectivity index (χ0n) is 13.5. The molecule has 1 aromatic rings. The lowest BCUT2D eigenvalue weighted by molar-refractivity contribution is 0.00827. The molecule has 0 bridgehead atoms. The molecule has 0 fully saturated rings. The van der Waals surface area contributed by atoms with Crippen LogP contribution in [0.15, 0.2) is 18.2 Å². The molecule has 0 radical (unpaired) electrons. The average Bonchev–Trinajstić information content (AvgIpc) is 2.43. The minimum Gasteiger partial charge on any atom is -0.490 e. The van der Waals surface area contributed by atoms with Crippen LogP contribution >= 0.6 is 0 Å². The number of benzene rings is 1. The predicted octanol–water partition coefficient (Wildman–Crippen LogP) is 3.60. The van der Waals surface area contributed by atoms with Gasteiger partial charge < -0.3 is 15.2 Å². The van der Waals surface area contributed by atoms with Crippen LogP contribution in [0.4, 0.5) is 0 Å². The summed E-state index contributed by atoms with van der Waals surface area (Å²) in [5.41, 5.74) is 1.62. The van der Waals surface area contributed by atoms with Gasteiger partial charge in [0.1, 0.15) is 12.4 Å². The van der Waals surface area contributed by atoms with Crippen molar-refractivity contribution < 1.29 is 9.84 Å². The zero-order valence-corrected chi connectivity index (χ0v) is 13.5. The molecule has 1 rings (SSSR count). The van der Waals surface area contributed by atoms with Gasteiger partial charge in [0.15, 0.2) is 0 Å². The Morgan fingerprint density at radius 1 is 1.35 bits per heavy atom. The normalized spacial score (nSPS) is 15.7. The predicted molar refractivity (Wildman–Crippen MR) is 84.3 cm³/mol. The lowest BCUT2D eigenvalue weighted by atomic mass is 10.0. The second-order valence-corrected chi connectivity index (χ2v) is 5.84. The first kappa shape index (κ1) is 17.0. The summed E-state index contributed by atoms with van der Waals surface area (Å²) in [6.07, 6.45) is 1.82. The Morgan fingerprint density at radius 2 is 2.05 bits per heavy atom. The molecule has 0 spiro atoms. The summed E-state index contributed by atoms with van der Waals surface area (Å²) in [6.45, 7) is 11.5. The van der Waals surface area contributed by atoms with Gasteiger partial charge in [-0.3, -0.25) is 0 Å². The Morgan fingerprint density at radius 3 is 2.60 bits per heavy atom. The Labute approximate surface area is 123 Å². The lowest BCUT2D eigenvalue weighted by Crippen LogP contribution is -2.31. The third-order valence-corrected chi connectivity index (χ3v) is 3.70. The fourth-order valence-electron chi connectivity index (χ4n) is 1.92. The fraction of sp³-hybridized carbons (Fsp3) is 0.647. The standard InChI is InChI=1S/C17H29NO2/c1-6-10-18-14(4)15-8-9-16(13(3)11-15)20-12-17(5,19)7-2/h8-9,11,14,18-19H,6-7,10,12H2,1-5H3. The SMILES string of the molecule is CCCNC(C)c1ccc(OCC(C)(O)CC)c(C)c1. The number of hydrogen-bond acceptors (Lipinski definition) is 3. The Kier molecular flexibility index (Phi) is 6.50. The van der Waals surface area contributed by atoms with E-state index in [9.17, 15) is 5.11 Å². The third-order valence-electron chi connectivity index (χ3n) is 3.70. The molecule has 0 heterocycles. The summed E-state index contributed by atoms with van der Waals surface area (Å²) in [4.78, 5) is 0. The Hall–Kier alpha value is -1.06. The third kappa shape index (κ3) is 5.14. The molecule has 3 nitrogen and oxygen atoms in total. The van der Waals surface area contributed by atoms with E-state index >= 15 is 0 Å². The van der Waals surface area contributed by atoms with E-state index in [-0.39, 0.29) is 0 Å². The second kappa shape index (κ2) is 7.65. The minimum absolute atomic E-state index is 0.327. The zero-order chi connectivity index (χ0) is 15.2. The van der Waals surface area contributed by atoms with Crippen LogP contribution in [0.3, 0.4) is 0 Å². The molecule has 0 saturated heterocycles. The first-order chi connectivity index (χ1) is 9.39. The number of nitrogens with one attached hydrogen (secondary N) is 1. The van der Waals surface area contributed by atoms with Gasteiger partial charge in [0, 0.05) is 6.04 Å². The summed E-state index contributed by atoms with van der Waals surface area (Å²) in [5.74, 6) is 0.852. The molecule has 2 atom stereocenters. The topological polar surface area (TPSA) is 41.5 Å².